The van der Waals surface area contributed by atoms with Gasteiger partial charge in [-0.15, -0.1) is 24.8 Å². The first-order valence-electron chi connectivity index (χ1n) is 6.15. The maximum absolute atomic E-state index is 12.1. The maximum Gasteiger partial charge on any atom is 0.225 e. The molecule has 0 aromatic carbocycles. The van der Waals surface area contributed by atoms with E-state index in [1.165, 1.54) is 0 Å². The van der Waals surface area contributed by atoms with Crippen LogP contribution in [0.5, 0.6) is 0 Å². The highest BCUT2D eigenvalue weighted by atomic mass is 35.5. The van der Waals surface area contributed by atoms with Gasteiger partial charge in [0.25, 0.3) is 0 Å². The molecule has 0 spiro atoms. The molecule has 0 saturated heterocycles. The monoisotopic (exact) mass is 308 g/mol. The second-order valence-corrected chi connectivity index (χ2v) is 4.80. The summed E-state index contributed by atoms with van der Waals surface area (Å²) in [5.41, 5.74) is 5.83. The van der Waals surface area contributed by atoms with Crippen molar-refractivity contribution in [1.29, 1.82) is 0 Å². The summed E-state index contributed by atoms with van der Waals surface area (Å²) in [6, 6.07) is 2.10. The van der Waals surface area contributed by atoms with Crippen molar-refractivity contribution in [2.75, 3.05) is 13.6 Å². The van der Waals surface area contributed by atoms with Crippen LogP contribution in [-0.2, 0) is 11.3 Å². The number of hydrogen-bond acceptors (Lipinski definition) is 3. The predicted molar refractivity (Wildman–Crippen MR) is 79.7 cm³/mol. The Bertz CT molecular complexity index is 372. The van der Waals surface area contributed by atoms with Crippen LogP contribution in [-0.4, -0.2) is 40.2 Å². The van der Waals surface area contributed by atoms with E-state index in [0.717, 1.165) is 25.8 Å². The Hall–Kier alpha value is -0.780. The fraction of sp³-hybridized carbons (Fsp3) is 0.667. The van der Waals surface area contributed by atoms with Gasteiger partial charge in [0.2, 0.25) is 5.91 Å². The van der Waals surface area contributed by atoms with E-state index in [1.807, 2.05) is 24.0 Å². The molecule has 19 heavy (non-hydrogen) atoms. The molecule has 1 aromatic heterocycles. The Morgan fingerprint density at radius 1 is 1.47 bits per heavy atom. The fourth-order valence-corrected chi connectivity index (χ4v) is 2.35. The van der Waals surface area contributed by atoms with Crippen LogP contribution in [0.15, 0.2) is 18.5 Å². The molecular weight excluding hydrogens is 287 g/mol. The Morgan fingerprint density at radius 3 is 2.74 bits per heavy atom. The lowest BCUT2D eigenvalue weighted by atomic mass is 10.1. The Balaban J connectivity index is 0.00000162. The van der Waals surface area contributed by atoms with Crippen molar-refractivity contribution in [1.82, 2.24) is 14.7 Å². The molecule has 2 atom stereocenters. The Morgan fingerprint density at radius 2 is 2.21 bits per heavy atom. The van der Waals surface area contributed by atoms with Crippen molar-refractivity contribution in [3.63, 3.8) is 0 Å². The second-order valence-electron chi connectivity index (χ2n) is 4.80. The zero-order chi connectivity index (χ0) is 12.3. The van der Waals surface area contributed by atoms with E-state index in [-0.39, 0.29) is 42.7 Å². The molecule has 1 heterocycles. The fourth-order valence-electron chi connectivity index (χ4n) is 2.35. The third-order valence-electron chi connectivity index (χ3n) is 3.42. The molecule has 1 saturated carbocycles. The van der Waals surface area contributed by atoms with Gasteiger partial charge >= 0.3 is 0 Å². The highest BCUT2D eigenvalue weighted by Crippen LogP contribution is 2.25. The van der Waals surface area contributed by atoms with Crippen LogP contribution in [0.1, 0.15) is 19.3 Å². The number of aromatic nitrogens is 2. The lowest BCUT2D eigenvalue weighted by Gasteiger charge is -2.21. The van der Waals surface area contributed by atoms with Gasteiger partial charge in [-0.25, -0.2) is 0 Å². The van der Waals surface area contributed by atoms with E-state index in [9.17, 15) is 4.79 Å². The van der Waals surface area contributed by atoms with Crippen molar-refractivity contribution in [2.24, 2.45) is 11.7 Å². The molecule has 1 aliphatic rings. The lowest BCUT2D eigenvalue weighted by Crippen LogP contribution is -2.35. The van der Waals surface area contributed by atoms with E-state index in [0.29, 0.717) is 6.54 Å². The van der Waals surface area contributed by atoms with Crippen LogP contribution in [0.3, 0.4) is 0 Å². The summed E-state index contributed by atoms with van der Waals surface area (Å²) >= 11 is 0. The zero-order valence-electron chi connectivity index (χ0n) is 11.1. The molecule has 0 bridgehead atoms. The summed E-state index contributed by atoms with van der Waals surface area (Å²) < 4.78 is 1.84. The number of nitrogens with zero attached hydrogens (tertiary/aromatic N) is 3. The predicted octanol–water partition coefficient (Wildman–Crippen LogP) is 1.31. The number of carbonyl (C=O) groups is 1. The van der Waals surface area contributed by atoms with Crippen molar-refractivity contribution >= 4 is 30.7 Å². The summed E-state index contributed by atoms with van der Waals surface area (Å²) in [6.07, 6.45) is 6.40. The molecule has 1 aliphatic carbocycles. The van der Waals surface area contributed by atoms with E-state index in [4.69, 9.17) is 5.73 Å². The molecule has 1 amide bonds. The topological polar surface area (TPSA) is 64.2 Å². The van der Waals surface area contributed by atoms with Gasteiger partial charge in [-0.3, -0.25) is 9.48 Å². The van der Waals surface area contributed by atoms with Gasteiger partial charge < -0.3 is 10.6 Å². The lowest BCUT2D eigenvalue weighted by molar-refractivity contribution is -0.134. The number of carbonyl (C=O) groups excluding carboxylic acids is 1. The third kappa shape index (κ3) is 5.01. The van der Waals surface area contributed by atoms with E-state index in [1.54, 1.807) is 11.1 Å². The second kappa shape index (κ2) is 8.40. The molecule has 5 nitrogen and oxygen atoms in total. The van der Waals surface area contributed by atoms with Crippen LogP contribution in [0.2, 0.25) is 0 Å². The average Bonchev–Trinajstić information content (AvgIpc) is 2.95. The highest BCUT2D eigenvalue weighted by molar-refractivity contribution is 5.85. The van der Waals surface area contributed by atoms with Gasteiger partial charge in [0, 0.05) is 37.9 Å². The smallest absolute Gasteiger partial charge is 0.225 e. The minimum Gasteiger partial charge on any atom is -0.344 e. The number of amides is 1. The first kappa shape index (κ1) is 18.2. The number of halogens is 2. The zero-order valence-corrected chi connectivity index (χ0v) is 12.7. The molecule has 110 valence electrons. The Kier molecular flexibility index (Phi) is 8.06. The first-order chi connectivity index (χ1) is 8.16. The molecule has 1 aromatic rings. The van der Waals surface area contributed by atoms with Crippen molar-refractivity contribution in [3.05, 3.63) is 18.5 Å². The van der Waals surface area contributed by atoms with Crippen molar-refractivity contribution in [2.45, 2.75) is 31.8 Å². The largest absolute Gasteiger partial charge is 0.344 e. The van der Waals surface area contributed by atoms with Gasteiger partial charge in [-0.05, 0) is 25.3 Å². The molecule has 1 fully saturated rings. The quantitative estimate of drug-likeness (QED) is 0.912. The molecule has 2 N–H and O–H groups in total. The number of likely N-dealkylation sites (N-methyl/N-ethyl adjacent to an activating group) is 1. The van der Waals surface area contributed by atoms with Crippen LogP contribution in [0.4, 0.5) is 0 Å². The molecule has 7 heteroatoms. The van der Waals surface area contributed by atoms with Crippen molar-refractivity contribution < 1.29 is 4.79 Å². The van der Waals surface area contributed by atoms with Crippen LogP contribution < -0.4 is 5.73 Å². The van der Waals surface area contributed by atoms with Gasteiger partial charge in [-0.1, -0.05) is 0 Å². The van der Waals surface area contributed by atoms with Gasteiger partial charge in [0.05, 0.1) is 6.54 Å². The number of nitrogens with two attached hydrogens (primary N) is 1. The van der Waals surface area contributed by atoms with Crippen molar-refractivity contribution in [3.8, 4) is 0 Å². The summed E-state index contributed by atoms with van der Waals surface area (Å²) in [5, 5.41) is 4.12. The molecular formula is C12H22Cl2N4O. The summed E-state index contributed by atoms with van der Waals surface area (Å²) in [4.78, 5) is 13.9. The summed E-state index contributed by atoms with van der Waals surface area (Å²) in [7, 11) is 1.86. The minimum atomic E-state index is 0. The van der Waals surface area contributed by atoms with E-state index >= 15 is 0 Å². The van der Waals surface area contributed by atoms with Gasteiger partial charge in [0.1, 0.15) is 0 Å². The minimum absolute atomic E-state index is 0. The average molecular weight is 309 g/mol. The summed E-state index contributed by atoms with van der Waals surface area (Å²) in [5.74, 6) is 0.359. The SMILES string of the molecule is CN(CCn1cccn1)C(=O)C1CCC(N)C1.Cl.Cl. The molecule has 0 radical (unpaired) electrons. The van der Waals surface area contributed by atoms with Gasteiger partial charge in [-0.2, -0.15) is 5.10 Å². The molecule has 2 unspecified atom stereocenters. The van der Waals surface area contributed by atoms with Crippen LogP contribution in [0, 0.1) is 5.92 Å². The maximum atomic E-state index is 12.1. The van der Waals surface area contributed by atoms with Crippen LogP contribution in [0.25, 0.3) is 0 Å². The van der Waals surface area contributed by atoms with E-state index in [2.05, 4.69) is 5.10 Å². The number of rotatable bonds is 4. The summed E-state index contributed by atoms with van der Waals surface area (Å²) in [6.45, 7) is 1.44. The first-order valence-corrected chi connectivity index (χ1v) is 6.15. The molecule has 0 aliphatic heterocycles. The standard InChI is InChI=1S/C12H20N4O.2ClH/c1-15(7-8-16-6-2-5-14-16)12(17)10-3-4-11(13)9-10;;/h2,5-6,10-11H,3-4,7-9,13H2,1H3;2*1H. The van der Waals surface area contributed by atoms with Gasteiger partial charge in [0.15, 0.2) is 0 Å². The normalized spacial score (nSPS) is 21.4. The highest BCUT2D eigenvalue weighted by Gasteiger charge is 2.29. The Labute approximate surface area is 126 Å². The molecule has 2 rings (SSSR count). The van der Waals surface area contributed by atoms with E-state index < -0.39 is 0 Å². The van der Waals surface area contributed by atoms with Crippen LogP contribution >= 0.6 is 24.8 Å². The number of hydrogen-bond donors (Lipinski definition) is 1. The third-order valence-corrected chi connectivity index (χ3v) is 3.42.